The van der Waals surface area contributed by atoms with Gasteiger partial charge in [0, 0.05) is 16.7 Å². The van der Waals surface area contributed by atoms with E-state index in [0.29, 0.717) is 20.2 Å². The van der Waals surface area contributed by atoms with Gasteiger partial charge in [0.15, 0.2) is 5.13 Å². The standard InChI is InChI=1S/C24H18Cl3N2OPS/c1-16-12-23-22(13-19(16)25)28-24(32-23)29-31(30,14-20(26)17-8-4-2-5-9-17)15-21(27)18-10-6-3-7-11-18/h2-15H,1H3,(H,28,29,30)/b20-14-,21-15-. The van der Waals surface area contributed by atoms with Crippen molar-refractivity contribution in [3.05, 3.63) is 106 Å². The number of hydrogen-bond donors (Lipinski definition) is 1. The zero-order valence-electron chi connectivity index (χ0n) is 16.9. The number of fused-ring (bicyclic) bond motifs is 1. The van der Waals surface area contributed by atoms with Crippen molar-refractivity contribution in [1.29, 1.82) is 0 Å². The Morgan fingerprint density at radius 1 is 0.938 bits per heavy atom. The Morgan fingerprint density at radius 2 is 1.47 bits per heavy atom. The molecule has 0 spiro atoms. The fourth-order valence-corrected chi connectivity index (χ4v) is 7.24. The number of nitrogens with zero attached hydrogens (tertiary/aromatic N) is 1. The van der Waals surface area contributed by atoms with Crippen molar-refractivity contribution in [3.63, 3.8) is 0 Å². The first-order chi connectivity index (χ1) is 15.3. The van der Waals surface area contributed by atoms with Crippen LogP contribution in [0.2, 0.25) is 5.02 Å². The van der Waals surface area contributed by atoms with Crippen molar-refractivity contribution in [2.75, 3.05) is 5.09 Å². The molecule has 0 aliphatic carbocycles. The molecule has 4 aromatic rings. The second kappa shape index (κ2) is 9.82. The normalized spacial score (nSPS) is 12.9. The molecule has 0 aliphatic heterocycles. The topological polar surface area (TPSA) is 42.0 Å². The van der Waals surface area contributed by atoms with Crippen molar-refractivity contribution in [1.82, 2.24) is 4.98 Å². The lowest BCUT2D eigenvalue weighted by atomic mass is 10.2. The zero-order chi connectivity index (χ0) is 22.7. The molecular formula is C24H18Cl3N2OPS. The molecular weight excluding hydrogens is 502 g/mol. The van der Waals surface area contributed by atoms with E-state index in [0.717, 1.165) is 26.9 Å². The Hall–Kier alpha value is -2.07. The van der Waals surface area contributed by atoms with E-state index in [1.165, 1.54) is 23.0 Å². The molecule has 4 rings (SSSR count). The van der Waals surface area contributed by atoms with Gasteiger partial charge in [-0.3, -0.25) is 4.57 Å². The summed E-state index contributed by atoms with van der Waals surface area (Å²) >= 11 is 20.7. The Balaban J connectivity index is 1.77. The Bertz CT molecular complexity index is 1270. The van der Waals surface area contributed by atoms with E-state index in [4.69, 9.17) is 34.8 Å². The Morgan fingerprint density at radius 3 is 2.00 bits per heavy atom. The van der Waals surface area contributed by atoms with Crippen LogP contribution in [0.25, 0.3) is 20.3 Å². The maximum absolute atomic E-state index is 14.1. The number of halogens is 3. The second-order valence-corrected chi connectivity index (χ2v) is 11.5. The van der Waals surface area contributed by atoms with E-state index in [1.54, 1.807) is 6.07 Å². The monoisotopic (exact) mass is 518 g/mol. The SMILES string of the molecule is Cc1cc2sc(NP(=O)(/C=C(\Cl)c3ccccc3)/C=C(\Cl)c3ccccc3)nc2cc1Cl. The van der Waals surface area contributed by atoms with Gasteiger partial charge in [-0.25, -0.2) is 4.98 Å². The van der Waals surface area contributed by atoms with E-state index in [-0.39, 0.29) is 0 Å². The molecule has 0 aliphatic rings. The predicted octanol–water partition coefficient (Wildman–Crippen LogP) is 9.42. The Kier molecular flexibility index (Phi) is 7.09. The van der Waals surface area contributed by atoms with Crippen molar-refractivity contribution >= 4 is 78.8 Å². The number of benzene rings is 3. The van der Waals surface area contributed by atoms with Crippen molar-refractivity contribution < 1.29 is 4.57 Å². The summed E-state index contributed by atoms with van der Waals surface area (Å²) in [5.74, 6) is 3.03. The predicted molar refractivity (Wildman–Crippen MR) is 141 cm³/mol. The lowest BCUT2D eigenvalue weighted by molar-refractivity contribution is 0.589. The highest BCUT2D eigenvalue weighted by molar-refractivity contribution is 7.72. The van der Waals surface area contributed by atoms with Gasteiger partial charge in [0.05, 0.1) is 20.3 Å². The van der Waals surface area contributed by atoms with E-state index in [1.807, 2.05) is 73.7 Å². The molecule has 0 saturated heterocycles. The van der Waals surface area contributed by atoms with Crippen LogP contribution in [-0.4, -0.2) is 4.98 Å². The van der Waals surface area contributed by atoms with Gasteiger partial charge in [-0.1, -0.05) is 107 Å². The number of nitrogens with one attached hydrogen (secondary N) is 1. The third-order valence-electron chi connectivity index (χ3n) is 4.65. The minimum atomic E-state index is -3.39. The minimum Gasteiger partial charge on any atom is -0.306 e. The van der Waals surface area contributed by atoms with Crippen LogP contribution in [0.5, 0.6) is 0 Å². The largest absolute Gasteiger partial charge is 0.306 e. The van der Waals surface area contributed by atoms with Gasteiger partial charge >= 0.3 is 0 Å². The van der Waals surface area contributed by atoms with Crippen molar-refractivity contribution in [3.8, 4) is 0 Å². The fraction of sp³-hybridized carbons (Fsp3) is 0.0417. The van der Waals surface area contributed by atoms with E-state index in [2.05, 4.69) is 10.1 Å². The summed E-state index contributed by atoms with van der Waals surface area (Å²) in [4.78, 5) is 4.57. The first-order valence-corrected chi connectivity index (χ1v) is 13.4. The molecule has 162 valence electrons. The highest BCUT2D eigenvalue weighted by Gasteiger charge is 2.21. The highest BCUT2D eigenvalue weighted by Crippen LogP contribution is 2.54. The molecule has 0 unspecified atom stereocenters. The number of hydrogen-bond acceptors (Lipinski definition) is 3. The number of rotatable bonds is 6. The summed E-state index contributed by atoms with van der Waals surface area (Å²) in [5.41, 5.74) is 3.20. The van der Waals surface area contributed by atoms with E-state index < -0.39 is 7.29 Å². The van der Waals surface area contributed by atoms with Crippen LogP contribution in [0.15, 0.2) is 84.4 Å². The Labute approximate surface area is 205 Å². The van der Waals surface area contributed by atoms with Gasteiger partial charge in [-0.05, 0) is 35.7 Å². The maximum Gasteiger partial charge on any atom is 0.217 e. The van der Waals surface area contributed by atoms with Crippen molar-refractivity contribution in [2.24, 2.45) is 0 Å². The zero-order valence-corrected chi connectivity index (χ0v) is 20.9. The number of aryl methyl sites for hydroxylation is 1. The van der Waals surface area contributed by atoms with Crippen molar-refractivity contribution in [2.45, 2.75) is 6.92 Å². The summed E-state index contributed by atoms with van der Waals surface area (Å²) in [5, 5.41) is 4.93. The molecule has 0 radical (unpaired) electrons. The van der Waals surface area contributed by atoms with E-state index in [9.17, 15) is 4.57 Å². The highest BCUT2D eigenvalue weighted by atomic mass is 35.5. The average molecular weight is 520 g/mol. The average Bonchev–Trinajstić information content (AvgIpc) is 3.15. The van der Waals surface area contributed by atoms with Crippen LogP contribution >= 0.6 is 53.4 Å². The molecule has 1 N–H and O–H groups in total. The van der Waals surface area contributed by atoms with Crippen LogP contribution in [0.3, 0.4) is 0 Å². The van der Waals surface area contributed by atoms with Crippen LogP contribution in [-0.2, 0) is 4.57 Å². The summed E-state index contributed by atoms with van der Waals surface area (Å²) in [6, 6.07) is 22.5. The maximum atomic E-state index is 14.1. The molecule has 3 nitrogen and oxygen atoms in total. The summed E-state index contributed by atoms with van der Waals surface area (Å²) < 4.78 is 15.0. The molecule has 1 heterocycles. The lowest BCUT2D eigenvalue weighted by Crippen LogP contribution is -1.93. The molecule has 0 fully saturated rings. The van der Waals surface area contributed by atoms with Crippen LogP contribution in [0, 0.1) is 6.92 Å². The number of aromatic nitrogens is 1. The molecule has 1 aromatic heterocycles. The third-order valence-corrected chi connectivity index (χ3v) is 8.94. The molecule has 0 atom stereocenters. The van der Waals surface area contributed by atoms with Gasteiger partial charge in [0.2, 0.25) is 7.29 Å². The third kappa shape index (κ3) is 5.46. The quantitative estimate of drug-likeness (QED) is 0.258. The summed E-state index contributed by atoms with van der Waals surface area (Å²) in [7, 11) is -3.39. The first-order valence-electron chi connectivity index (χ1n) is 9.65. The van der Waals surface area contributed by atoms with Gasteiger partial charge in [0.1, 0.15) is 0 Å². The molecule has 0 bridgehead atoms. The number of thiazole rings is 1. The van der Waals surface area contributed by atoms with E-state index >= 15 is 0 Å². The summed E-state index contributed by atoms with van der Waals surface area (Å²) in [6.45, 7) is 1.93. The minimum absolute atomic E-state index is 0.357. The van der Waals surface area contributed by atoms with Crippen LogP contribution < -0.4 is 5.09 Å². The van der Waals surface area contributed by atoms with Gasteiger partial charge in [-0.2, -0.15) is 0 Å². The van der Waals surface area contributed by atoms with Crippen LogP contribution in [0.4, 0.5) is 5.13 Å². The molecule has 8 heteroatoms. The fourth-order valence-electron chi connectivity index (χ4n) is 3.03. The summed E-state index contributed by atoms with van der Waals surface area (Å²) in [6.07, 6.45) is 0. The smallest absolute Gasteiger partial charge is 0.217 e. The van der Waals surface area contributed by atoms with Gasteiger partial charge in [-0.15, -0.1) is 0 Å². The van der Waals surface area contributed by atoms with Gasteiger partial charge in [0.25, 0.3) is 0 Å². The molecule has 0 saturated carbocycles. The number of anilines is 1. The van der Waals surface area contributed by atoms with Crippen LogP contribution in [0.1, 0.15) is 16.7 Å². The lowest BCUT2D eigenvalue weighted by Gasteiger charge is -2.13. The second-order valence-electron chi connectivity index (χ2n) is 7.10. The first kappa shape index (κ1) is 23.1. The molecule has 3 aromatic carbocycles. The van der Waals surface area contributed by atoms with Gasteiger partial charge < -0.3 is 5.09 Å². The molecule has 0 amide bonds. The molecule has 32 heavy (non-hydrogen) atoms.